The van der Waals surface area contributed by atoms with E-state index in [-0.39, 0.29) is 5.91 Å². The third kappa shape index (κ3) is 3.52. The summed E-state index contributed by atoms with van der Waals surface area (Å²) in [5.41, 5.74) is 6.42. The molecule has 2 aliphatic rings. The first-order valence-electron chi connectivity index (χ1n) is 10.6. The van der Waals surface area contributed by atoms with E-state index < -0.39 is 0 Å². The highest BCUT2D eigenvalue weighted by Gasteiger charge is 2.26. The van der Waals surface area contributed by atoms with Crippen molar-refractivity contribution in [2.75, 3.05) is 47.4 Å². The molecule has 0 aliphatic carbocycles. The standard InChI is InChI=1S/C25H26N4O/c1-19-5-4-7-21(17-19)27-13-15-28(16-14-27)22-9-10-23(26-18-22)25(30)29-12-11-20-6-2-3-8-24(20)29/h2-10,17-18H,11-16H2,1H3. The third-order valence-electron chi connectivity index (χ3n) is 6.11. The molecular weight excluding hydrogens is 372 g/mol. The van der Waals surface area contributed by atoms with Crippen molar-refractivity contribution in [3.05, 3.63) is 83.7 Å². The maximum Gasteiger partial charge on any atom is 0.276 e. The molecule has 0 radical (unpaired) electrons. The Bertz CT molecular complexity index is 1050. The highest BCUT2D eigenvalue weighted by molar-refractivity contribution is 6.06. The van der Waals surface area contributed by atoms with Crippen molar-refractivity contribution in [3.8, 4) is 0 Å². The van der Waals surface area contributed by atoms with Gasteiger partial charge in [-0.25, -0.2) is 4.98 Å². The molecule has 0 atom stereocenters. The van der Waals surface area contributed by atoms with E-state index in [2.05, 4.69) is 52.0 Å². The maximum absolute atomic E-state index is 13.0. The lowest BCUT2D eigenvalue weighted by atomic mass is 10.2. The first-order valence-corrected chi connectivity index (χ1v) is 10.6. The summed E-state index contributed by atoms with van der Waals surface area (Å²) >= 11 is 0. The average Bonchev–Trinajstić information content (AvgIpc) is 3.23. The second-order valence-electron chi connectivity index (χ2n) is 8.05. The quantitative estimate of drug-likeness (QED) is 0.670. The Balaban J connectivity index is 1.24. The van der Waals surface area contributed by atoms with Crippen molar-refractivity contribution in [1.29, 1.82) is 0 Å². The molecule has 5 rings (SSSR count). The Kier molecular flexibility index (Phi) is 4.87. The number of amides is 1. The minimum absolute atomic E-state index is 0.0178. The van der Waals surface area contributed by atoms with Gasteiger partial charge in [-0.1, -0.05) is 30.3 Å². The smallest absolute Gasteiger partial charge is 0.276 e. The van der Waals surface area contributed by atoms with Crippen LogP contribution in [0, 0.1) is 6.92 Å². The zero-order valence-electron chi connectivity index (χ0n) is 17.3. The third-order valence-corrected chi connectivity index (χ3v) is 6.11. The number of nitrogens with zero attached hydrogens (tertiary/aromatic N) is 4. The van der Waals surface area contributed by atoms with Gasteiger partial charge in [-0.3, -0.25) is 4.79 Å². The summed E-state index contributed by atoms with van der Waals surface area (Å²) in [5.74, 6) is -0.0178. The number of hydrogen-bond acceptors (Lipinski definition) is 4. The van der Waals surface area contributed by atoms with Crippen LogP contribution in [0.2, 0.25) is 0 Å². The number of aryl methyl sites for hydroxylation is 1. The van der Waals surface area contributed by atoms with Crippen LogP contribution >= 0.6 is 0 Å². The topological polar surface area (TPSA) is 39.7 Å². The monoisotopic (exact) mass is 398 g/mol. The van der Waals surface area contributed by atoms with Crippen LogP contribution in [0.25, 0.3) is 0 Å². The van der Waals surface area contributed by atoms with Crippen molar-refractivity contribution in [2.24, 2.45) is 0 Å². The van der Waals surface area contributed by atoms with Crippen molar-refractivity contribution in [3.63, 3.8) is 0 Å². The molecule has 3 heterocycles. The Morgan fingerprint density at radius 2 is 1.60 bits per heavy atom. The molecule has 2 aromatic carbocycles. The zero-order chi connectivity index (χ0) is 20.5. The van der Waals surface area contributed by atoms with E-state index in [1.165, 1.54) is 16.8 Å². The van der Waals surface area contributed by atoms with Gasteiger partial charge in [0, 0.05) is 44.1 Å². The van der Waals surface area contributed by atoms with Crippen LogP contribution < -0.4 is 14.7 Å². The van der Waals surface area contributed by atoms with Crippen LogP contribution in [0.3, 0.4) is 0 Å². The molecule has 0 unspecified atom stereocenters. The van der Waals surface area contributed by atoms with Gasteiger partial charge in [-0.2, -0.15) is 0 Å². The summed E-state index contributed by atoms with van der Waals surface area (Å²) in [6, 6.07) is 20.7. The molecule has 152 valence electrons. The lowest BCUT2D eigenvalue weighted by molar-refractivity contribution is 0.0984. The minimum atomic E-state index is -0.0178. The fourth-order valence-electron chi connectivity index (χ4n) is 4.43. The first kappa shape index (κ1) is 18.7. The Hall–Kier alpha value is -3.34. The van der Waals surface area contributed by atoms with Gasteiger partial charge in [-0.05, 0) is 54.8 Å². The SMILES string of the molecule is Cc1cccc(N2CCN(c3ccc(C(=O)N4CCc5ccccc54)nc3)CC2)c1. The number of benzene rings is 2. The molecule has 1 amide bonds. The van der Waals surface area contributed by atoms with E-state index in [0.717, 1.165) is 50.5 Å². The number of aromatic nitrogens is 1. The van der Waals surface area contributed by atoms with Crippen LogP contribution in [-0.2, 0) is 6.42 Å². The first-order chi connectivity index (χ1) is 14.7. The van der Waals surface area contributed by atoms with Crippen molar-refractivity contribution < 1.29 is 4.79 Å². The van der Waals surface area contributed by atoms with Gasteiger partial charge in [0.25, 0.3) is 5.91 Å². The molecule has 0 saturated carbocycles. The summed E-state index contributed by atoms with van der Waals surface area (Å²) in [7, 11) is 0. The zero-order valence-corrected chi connectivity index (χ0v) is 17.3. The highest BCUT2D eigenvalue weighted by Crippen LogP contribution is 2.29. The largest absolute Gasteiger partial charge is 0.368 e. The second kappa shape index (κ2) is 7.82. The molecular formula is C25H26N4O. The van der Waals surface area contributed by atoms with Crippen LogP contribution in [-0.4, -0.2) is 43.6 Å². The van der Waals surface area contributed by atoms with Crippen LogP contribution in [0.15, 0.2) is 66.9 Å². The fraction of sp³-hybridized carbons (Fsp3) is 0.280. The number of piperazine rings is 1. The second-order valence-corrected chi connectivity index (χ2v) is 8.05. The predicted octanol–water partition coefficient (Wildman–Crippen LogP) is 3.92. The lowest BCUT2D eigenvalue weighted by Gasteiger charge is -2.37. The molecule has 5 nitrogen and oxygen atoms in total. The number of fused-ring (bicyclic) bond motifs is 1. The van der Waals surface area contributed by atoms with Crippen molar-refractivity contribution >= 4 is 23.0 Å². The maximum atomic E-state index is 13.0. The summed E-state index contributed by atoms with van der Waals surface area (Å²) < 4.78 is 0. The number of hydrogen-bond donors (Lipinski definition) is 0. The summed E-state index contributed by atoms with van der Waals surface area (Å²) in [6.07, 6.45) is 2.75. The van der Waals surface area contributed by atoms with Gasteiger partial charge in [0.05, 0.1) is 11.9 Å². The van der Waals surface area contributed by atoms with Gasteiger partial charge >= 0.3 is 0 Å². The number of para-hydroxylation sites is 1. The van der Waals surface area contributed by atoms with E-state index >= 15 is 0 Å². The molecule has 0 spiro atoms. The summed E-state index contributed by atoms with van der Waals surface area (Å²) in [6.45, 7) is 6.71. The van der Waals surface area contributed by atoms with Gasteiger partial charge in [0.1, 0.15) is 5.69 Å². The number of pyridine rings is 1. The molecule has 30 heavy (non-hydrogen) atoms. The van der Waals surface area contributed by atoms with Crippen LogP contribution in [0.4, 0.5) is 17.1 Å². The van der Waals surface area contributed by atoms with Gasteiger partial charge in [0.2, 0.25) is 0 Å². The van der Waals surface area contributed by atoms with Gasteiger partial charge in [0.15, 0.2) is 0 Å². The number of carbonyl (C=O) groups is 1. The van der Waals surface area contributed by atoms with Crippen LogP contribution in [0.5, 0.6) is 0 Å². The predicted molar refractivity (Wildman–Crippen MR) is 122 cm³/mol. The minimum Gasteiger partial charge on any atom is -0.368 e. The molecule has 5 heteroatoms. The van der Waals surface area contributed by atoms with Crippen LogP contribution in [0.1, 0.15) is 21.6 Å². The lowest BCUT2D eigenvalue weighted by Crippen LogP contribution is -2.46. The molecule has 3 aromatic rings. The number of carbonyl (C=O) groups excluding carboxylic acids is 1. The Labute approximate surface area is 177 Å². The Morgan fingerprint density at radius 1 is 0.833 bits per heavy atom. The summed E-state index contributed by atoms with van der Waals surface area (Å²) in [5, 5.41) is 0. The van der Waals surface area contributed by atoms with E-state index in [1.54, 1.807) is 0 Å². The van der Waals surface area contributed by atoms with Crippen molar-refractivity contribution in [2.45, 2.75) is 13.3 Å². The van der Waals surface area contributed by atoms with E-state index in [9.17, 15) is 4.79 Å². The molecule has 1 saturated heterocycles. The van der Waals surface area contributed by atoms with Crippen molar-refractivity contribution in [1.82, 2.24) is 4.98 Å². The molecule has 0 N–H and O–H groups in total. The Morgan fingerprint density at radius 3 is 2.33 bits per heavy atom. The van der Waals surface area contributed by atoms with E-state index in [4.69, 9.17) is 0 Å². The van der Waals surface area contributed by atoms with Gasteiger partial charge < -0.3 is 14.7 Å². The van der Waals surface area contributed by atoms with E-state index in [0.29, 0.717) is 5.69 Å². The number of rotatable bonds is 3. The fourth-order valence-corrected chi connectivity index (χ4v) is 4.43. The molecule has 0 bridgehead atoms. The highest BCUT2D eigenvalue weighted by atomic mass is 16.2. The molecule has 1 fully saturated rings. The molecule has 2 aliphatic heterocycles. The summed E-state index contributed by atoms with van der Waals surface area (Å²) in [4.78, 5) is 24.1. The number of anilines is 3. The van der Waals surface area contributed by atoms with E-state index in [1.807, 2.05) is 41.4 Å². The molecule has 1 aromatic heterocycles. The van der Waals surface area contributed by atoms with Gasteiger partial charge in [-0.15, -0.1) is 0 Å². The average molecular weight is 399 g/mol. The normalized spacial score (nSPS) is 16.0.